The maximum absolute atomic E-state index is 5.52. The van der Waals surface area contributed by atoms with Gasteiger partial charge < -0.3 is 4.90 Å². The molecule has 0 atom stereocenters. The van der Waals surface area contributed by atoms with Crippen molar-refractivity contribution in [3.8, 4) is 45.2 Å². The molecule has 0 bridgehead atoms. The van der Waals surface area contributed by atoms with Gasteiger partial charge in [-0.05, 0) is 59.3 Å². The first-order valence-corrected chi connectivity index (χ1v) is 18.5. The van der Waals surface area contributed by atoms with Crippen LogP contribution >= 0.6 is 0 Å². The zero-order chi connectivity index (χ0) is 36.6. The van der Waals surface area contributed by atoms with E-state index in [-0.39, 0.29) is 0 Å². The summed E-state index contributed by atoms with van der Waals surface area (Å²) in [6.07, 6.45) is 0. The van der Waals surface area contributed by atoms with Crippen LogP contribution in [0.25, 0.3) is 77.6 Å². The number of anilines is 3. The predicted octanol–water partition coefficient (Wildman–Crippen LogP) is 13.5. The Morgan fingerprint density at radius 2 is 0.873 bits per heavy atom. The summed E-state index contributed by atoms with van der Waals surface area (Å²) in [6.45, 7) is 0. The van der Waals surface area contributed by atoms with Crippen LogP contribution in [0.3, 0.4) is 0 Å². The number of pyridine rings is 1. The molecule has 55 heavy (non-hydrogen) atoms. The molecule has 258 valence electrons. The molecule has 0 unspecified atom stereocenters. The van der Waals surface area contributed by atoms with E-state index in [1.54, 1.807) is 0 Å². The zero-order valence-electron chi connectivity index (χ0n) is 29.9. The molecule has 0 saturated carbocycles. The monoisotopic (exact) mass is 702 g/mol. The van der Waals surface area contributed by atoms with Gasteiger partial charge in [-0.1, -0.05) is 158 Å². The topological polar surface area (TPSA) is 41.9 Å². The minimum absolute atomic E-state index is 0.688. The molecule has 0 aliphatic heterocycles. The van der Waals surface area contributed by atoms with Crippen molar-refractivity contribution < 1.29 is 0 Å². The summed E-state index contributed by atoms with van der Waals surface area (Å²) in [5.74, 6) is 0.688. The maximum Gasteiger partial charge on any atom is 0.160 e. The number of nitrogens with zero attached hydrogens (tertiary/aromatic N) is 4. The second kappa shape index (κ2) is 13.8. The van der Waals surface area contributed by atoms with Crippen molar-refractivity contribution in [3.63, 3.8) is 0 Å². The maximum atomic E-state index is 5.52. The molecule has 0 amide bonds. The van der Waals surface area contributed by atoms with Gasteiger partial charge in [-0.25, -0.2) is 15.0 Å². The first kappa shape index (κ1) is 32.2. The number of rotatable bonds is 7. The van der Waals surface area contributed by atoms with Crippen molar-refractivity contribution in [2.24, 2.45) is 0 Å². The number of benzene rings is 8. The van der Waals surface area contributed by atoms with E-state index in [1.165, 1.54) is 5.39 Å². The third-order valence-electron chi connectivity index (χ3n) is 10.2. The van der Waals surface area contributed by atoms with E-state index in [1.807, 2.05) is 36.4 Å². The molecule has 0 aliphatic carbocycles. The molecule has 10 rings (SSSR count). The minimum Gasteiger partial charge on any atom is -0.310 e. The van der Waals surface area contributed by atoms with Gasteiger partial charge in [0.25, 0.3) is 0 Å². The van der Waals surface area contributed by atoms with Crippen molar-refractivity contribution in [2.75, 3.05) is 4.90 Å². The van der Waals surface area contributed by atoms with Crippen molar-refractivity contribution in [2.45, 2.75) is 0 Å². The summed E-state index contributed by atoms with van der Waals surface area (Å²) in [4.78, 5) is 18.1. The van der Waals surface area contributed by atoms with E-state index in [9.17, 15) is 0 Å². The van der Waals surface area contributed by atoms with E-state index < -0.39 is 0 Å². The molecule has 0 fully saturated rings. The third-order valence-corrected chi connectivity index (χ3v) is 10.2. The highest BCUT2D eigenvalue weighted by Gasteiger charge is 2.23. The molecule has 8 aromatic carbocycles. The van der Waals surface area contributed by atoms with E-state index in [4.69, 9.17) is 15.0 Å². The molecule has 0 aliphatic rings. The van der Waals surface area contributed by atoms with Crippen molar-refractivity contribution >= 4 is 49.5 Å². The summed E-state index contributed by atoms with van der Waals surface area (Å²) < 4.78 is 0. The molecule has 4 nitrogen and oxygen atoms in total. The van der Waals surface area contributed by atoms with Gasteiger partial charge in [0.15, 0.2) is 5.82 Å². The SMILES string of the molecule is c1ccc(-c2cc(-c3ccc4nc(-c5ccccc5)c5c(N(c6ccccc6)c6ccccc6)cc6ccccc6c5c4c3)nc(-c3ccccc3)n2)cc1. The highest BCUT2D eigenvalue weighted by Crippen LogP contribution is 2.47. The Labute approximate surface area is 319 Å². The van der Waals surface area contributed by atoms with E-state index in [2.05, 4.69) is 175 Å². The molecule has 0 spiro atoms. The molecule has 0 N–H and O–H groups in total. The number of para-hydroxylation sites is 2. The molecular formula is C51H34N4. The normalized spacial score (nSPS) is 11.3. The summed E-state index contributed by atoms with van der Waals surface area (Å²) in [5, 5.41) is 5.61. The van der Waals surface area contributed by atoms with Crippen LogP contribution in [0.4, 0.5) is 17.1 Å². The zero-order valence-corrected chi connectivity index (χ0v) is 29.9. The fraction of sp³-hybridized carbons (Fsp3) is 0. The molecule has 0 saturated heterocycles. The Balaban J connectivity index is 1.31. The minimum atomic E-state index is 0.688. The second-order valence-electron chi connectivity index (χ2n) is 13.6. The summed E-state index contributed by atoms with van der Waals surface area (Å²) >= 11 is 0. The second-order valence-corrected chi connectivity index (χ2v) is 13.6. The van der Waals surface area contributed by atoms with Crippen LogP contribution in [0.2, 0.25) is 0 Å². The highest BCUT2D eigenvalue weighted by atomic mass is 15.1. The van der Waals surface area contributed by atoms with Crippen LogP contribution in [0.1, 0.15) is 0 Å². The van der Waals surface area contributed by atoms with Gasteiger partial charge in [0.05, 0.1) is 28.3 Å². The summed E-state index contributed by atoms with van der Waals surface area (Å²) in [5.41, 5.74) is 10.9. The van der Waals surface area contributed by atoms with Crippen LogP contribution in [0, 0.1) is 0 Å². The lowest BCUT2D eigenvalue weighted by Crippen LogP contribution is -2.11. The van der Waals surface area contributed by atoms with Crippen LogP contribution in [0.15, 0.2) is 206 Å². The van der Waals surface area contributed by atoms with Crippen molar-refractivity contribution in [3.05, 3.63) is 206 Å². The third kappa shape index (κ3) is 5.96. The van der Waals surface area contributed by atoms with E-state index in [0.717, 1.165) is 83.5 Å². The number of aromatic nitrogens is 3. The van der Waals surface area contributed by atoms with E-state index >= 15 is 0 Å². The smallest absolute Gasteiger partial charge is 0.160 e. The fourth-order valence-electron chi connectivity index (χ4n) is 7.65. The molecule has 4 heteroatoms. The van der Waals surface area contributed by atoms with E-state index in [0.29, 0.717) is 5.82 Å². The van der Waals surface area contributed by atoms with Gasteiger partial charge >= 0.3 is 0 Å². The molecule has 2 heterocycles. The Morgan fingerprint density at radius 1 is 0.345 bits per heavy atom. The Morgan fingerprint density at radius 3 is 1.51 bits per heavy atom. The number of hydrogen-bond acceptors (Lipinski definition) is 4. The van der Waals surface area contributed by atoms with Crippen LogP contribution < -0.4 is 4.90 Å². The molecule has 10 aromatic rings. The lowest BCUT2D eigenvalue weighted by molar-refractivity contribution is 1.18. The average Bonchev–Trinajstić information content (AvgIpc) is 3.27. The van der Waals surface area contributed by atoms with Gasteiger partial charge in [0, 0.05) is 49.8 Å². The standard InChI is InChI=1S/C51H34N4/c1-6-18-35(19-7-1)45-34-46(54-51(53-45)37-22-10-3-11-23-37)39-30-31-44-43(32-39)48-42-29-17-16-24-38(42)33-47(49(48)50(52-44)36-20-8-2-9-21-36)55(40-25-12-4-13-26-40)41-27-14-5-15-28-41/h1-34H. The lowest BCUT2D eigenvalue weighted by Gasteiger charge is -2.28. The number of fused-ring (bicyclic) bond motifs is 5. The van der Waals surface area contributed by atoms with Crippen LogP contribution in [0.5, 0.6) is 0 Å². The number of hydrogen-bond donors (Lipinski definition) is 0. The summed E-state index contributed by atoms with van der Waals surface area (Å²) in [7, 11) is 0. The first-order chi connectivity index (χ1) is 27.3. The molecular weight excluding hydrogens is 669 g/mol. The largest absolute Gasteiger partial charge is 0.310 e. The van der Waals surface area contributed by atoms with Crippen LogP contribution in [-0.4, -0.2) is 15.0 Å². The highest BCUT2D eigenvalue weighted by molar-refractivity contribution is 6.27. The van der Waals surface area contributed by atoms with Gasteiger partial charge in [0.1, 0.15) is 0 Å². The quantitative estimate of drug-likeness (QED) is 0.155. The van der Waals surface area contributed by atoms with Gasteiger partial charge in [-0.2, -0.15) is 0 Å². The predicted molar refractivity (Wildman–Crippen MR) is 229 cm³/mol. The van der Waals surface area contributed by atoms with Gasteiger partial charge in [-0.3, -0.25) is 0 Å². The van der Waals surface area contributed by atoms with Crippen molar-refractivity contribution in [1.82, 2.24) is 15.0 Å². The van der Waals surface area contributed by atoms with Crippen molar-refractivity contribution in [1.29, 1.82) is 0 Å². The van der Waals surface area contributed by atoms with Gasteiger partial charge in [0.2, 0.25) is 0 Å². The fourth-order valence-corrected chi connectivity index (χ4v) is 7.65. The van der Waals surface area contributed by atoms with Gasteiger partial charge in [-0.15, -0.1) is 0 Å². The Bertz CT molecular complexity index is 2850. The summed E-state index contributed by atoms with van der Waals surface area (Å²) in [6, 6.07) is 72.0. The Kier molecular flexibility index (Phi) is 8.12. The Hall–Kier alpha value is -7.43. The molecule has 2 aromatic heterocycles. The van der Waals surface area contributed by atoms with Crippen LogP contribution in [-0.2, 0) is 0 Å². The average molecular weight is 703 g/mol. The first-order valence-electron chi connectivity index (χ1n) is 18.5. The lowest BCUT2D eigenvalue weighted by atomic mass is 9.92. The molecule has 0 radical (unpaired) electrons.